The van der Waals surface area contributed by atoms with Gasteiger partial charge in [0.15, 0.2) is 11.5 Å². The van der Waals surface area contributed by atoms with Crippen LogP contribution < -0.4 is 4.90 Å². The number of benzene rings is 1. The summed E-state index contributed by atoms with van der Waals surface area (Å²) >= 11 is 1.50. The summed E-state index contributed by atoms with van der Waals surface area (Å²) in [5, 5.41) is 2.79. The van der Waals surface area contributed by atoms with Gasteiger partial charge in [0, 0.05) is 29.5 Å². The fraction of sp³-hybridized carbons (Fsp3) is 0.348. The van der Waals surface area contributed by atoms with Crippen LogP contribution in [0.5, 0.6) is 0 Å². The second kappa shape index (κ2) is 7.47. The van der Waals surface area contributed by atoms with E-state index in [2.05, 4.69) is 4.98 Å². The molecule has 1 aromatic carbocycles. The predicted octanol–water partition coefficient (Wildman–Crippen LogP) is 5.49. The van der Waals surface area contributed by atoms with Crippen LogP contribution >= 0.6 is 11.3 Å². The third-order valence-electron chi connectivity index (χ3n) is 5.34. The van der Waals surface area contributed by atoms with E-state index in [-0.39, 0.29) is 35.2 Å². The van der Waals surface area contributed by atoms with Gasteiger partial charge >= 0.3 is 0 Å². The molecule has 0 radical (unpaired) electrons. The van der Waals surface area contributed by atoms with Gasteiger partial charge in [0.2, 0.25) is 0 Å². The molecule has 0 saturated carbocycles. The zero-order valence-corrected chi connectivity index (χ0v) is 18.2. The normalized spacial score (nSPS) is 15.2. The number of fused-ring (bicyclic) bond motifs is 1. The Morgan fingerprint density at radius 2 is 1.93 bits per heavy atom. The minimum Gasteiger partial charge on any atom is -0.455 e. The van der Waals surface area contributed by atoms with Crippen LogP contribution in [0, 0.1) is 25.1 Å². The smallest absolute Gasteiger partial charge is 0.294 e. The quantitative estimate of drug-likeness (QED) is 0.553. The van der Waals surface area contributed by atoms with Crippen molar-refractivity contribution in [3.63, 3.8) is 0 Å². The highest BCUT2D eigenvalue weighted by Crippen LogP contribution is 2.39. The highest BCUT2D eigenvalue weighted by Gasteiger charge is 2.38. The molecule has 0 fully saturated rings. The summed E-state index contributed by atoms with van der Waals surface area (Å²) in [7, 11) is 0. The lowest BCUT2D eigenvalue weighted by atomic mass is 9.76. The maximum Gasteiger partial charge on any atom is 0.294 e. The first-order chi connectivity index (χ1) is 14.1. The van der Waals surface area contributed by atoms with Gasteiger partial charge in [-0.3, -0.25) is 14.5 Å². The van der Waals surface area contributed by atoms with Crippen LogP contribution in [-0.2, 0) is 13.0 Å². The number of carbonyl (C=O) groups excluding carboxylic acids is 2. The maximum absolute atomic E-state index is 13.6. The number of ketones is 1. The highest BCUT2D eigenvalue weighted by atomic mass is 32.1. The van der Waals surface area contributed by atoms with E-state index in [1.165, 1.54) is 28.4 Å². The van der Waals surface area contributed by atoms with E-state index in [4.69, 9.17) is 4.42 Å². The van der Waals surface area contributed by atoms with Crippen molar-refractivity contribution >= 4 is 28.7 Å². The van der Waals surface area contributed by atoms with Gasteiger partial charge in [-0.2, -0.15) is 0 Å². The summed E-state index contributed by atoms with van der Waals surface area (Å²) in [6.07, 6.45) is 1.03. The van der Waals surface area contributed by atoms with E-state index < -0.39 is 0 Å². The first-order valence-electron chi connectivity index (χ1n) is 9.78. The van der Waals surface area contributed by atoms with Crippen LogP contribution in [0.1, 0.15) is 63.2 Å². The molecule has 0 atom stereocenters. The Balaban J connectivity index is 1.75. The molecule has 1 aliphatic carbocycles. The lowest BCUT2D eigenvalue weighted by Crippen LogP contribution is -2.31. The second-order valence-electron chi connectivity index (χ2n) is 8.52. The molecule has 0 unspecified atom stereocenters. The van der Waals surface area contributed by atoms with Crippen molar-refractivity contribution in [1.29, 1.82) is 0 Å². The monoisotopic (exact) mass is 426 g/mol. The van der Waals surface area contributed by atoms with Crippen LogP contribution in [-0.4, -0.2) is 16.7 Å². The number of halogens is 1. The Bertz CT molecular complexity index is 1130. The first-order valence-corrected chi connectivity index (χ1v) is 10.7. The average molecular weight is 427 g/mol. The standard InChI is InChI=1S/C23H23FN2O3S/c1-13-20-18(27)9-23(3,4)10-19(20)29-21(13)22(28)26(11-16-12-30-14(2)25-16)17-7-5-15(24)6-8-17/h5-8,12H,9-11H2,1-4H3. The Hall–Kier alpha value is -2.80. The van der Waals surface area contributed by atoms with Crippen LogP contribution in [0.4, 0.5) is 10.1 Å². The van der Waals surface area contributed by atoms with Gasteiger partial charge in [0.1, 0.15) is 11.6 Å². The largest absolute Gasteiger partial charge is 0.455 e. The van der Waals surface area contributed by atoms with Gasteiger partial charge in [0.25, 0.3) is 5.91 Å². The molecule has 0 saturated heterocycles. The van der Waals surface area contributed by atoms with Gasteiger partial charge < -0.3 is 4.42 Å². The van der Waals surface area contributed by atoms with Crippen LogP contribution in [0.3, 0.4) is 0 Å². The number of amides is 1. The SMILES string of the molecule is Cc1nc(CN(C(=O)c2oc3c(c2C)C(=O)CC(C)(C)C3)c2ccc(F)cc2)cs1. The van der Waals surface area contributed by atoms with Crippen molar-refractivity contribution in [3.05, 3.63) is 68.8 Å². The van der Waals surface area contributed by atoms with Gasteiger partial charge in [0.05, 0.1) is 22.8 Å². The van der Waals surface area contributed by atoms with Crippen LogP contribution in [0.15, 0.2) is 34.1 Å². The average Bonchev–Trinajstić information content (AvgIpc) is 3.22. The van der Waals surface area contributed by atoms with Gasteiger partial charge in [-0.1, -0.05) is 13.8 Å². The second-order valence-corrected chi connectivity index (χ2v) is 9.58. The molecule has 0 aliphatic heterocycles. The molecule has 0 N–H and O–H groups in total. The molecule has 3 aromatic rings. The van der Waals surface area contributed by atoms with Crippen molar-refractivity contribution in [3.8, 4) is 0 Å². The summed E-state index contributed by atoms with van der Waals surface area (Å²) < 4.78 is 19.4. The van der Waals surface area contributed by atoms with E-state index in [0.29, 0.717) is 35.4 Å². The van der Waals surface area contributed by atoms with Crippen LogP contribution in [0.2, 0.25) is 0 Å². The zero-order valence-electron chi connectivity index (χ0n) is 17.4. The number of furan rings is 1. The Morgan fingerprint density at radius 1 is 1.23 bits per heavy atom. The number of carbonyl (C=O) groups is 2. The van der Waals surface area contributed by atoms with Gasteiger partial charge in [-0.05, 0) is 43.5 Å². The molecule has 5 nitrogen and oxygen atoms in total. The predicted molar refractivity (Wildman–Crippen MR) is 114 cm³/mol. The van der Waals surface area contributed by atoms with E-state index in [9.17, 15) is 14.0 Å². The highest BCUT2D eigenvalue weighted by molar-refractivity contribution is 7.09. The molecule has 7 heteroatoms. The Morgan fingerprint density at radius 3 is 2.57 bits per heavy atom. The lowest BCUT2D eigenvalue weighted by Gasteiger charge is -2.27. The lowest BCUT2D eigenvalue weighted by molar-refractivity contribution is 0.0895. The number of hydrogen-bond acceptors (Lipinski definition) is 5. The number of Topliss-reactive ketones (excluding diaryl/α,β-unsaturated/α-hetero) is 1. The fourth-order valence-electron chi connectivity index (χ4n) is 3.95. The molecule has 2 aromatic heterocycles. The molecule has 156 valence electrons. The molecule has 30 heavy (non-hydrogen) atoms. The Labute approximate surface area is 178 Å². The summed E-state index contributed by atoms with van der Waals surface area (Å²) in [5.41, 5.74) is 2.16. The van der Waals surface area contributed by atoms with Crippen molar-refractivity contribution in [1.82, 2.24) is 4.98 Å². The van der Waals surface area contributed by atoms with Crippen LogP contribution in [0.25, 0.3) is 0 Å². The molecular weight excluding hydrogens is 403 g/mol. The molecule has 4 rings (SSSR count). The Kier molecular flexibility index (Phi) is 5.10. The van der Waals surface area contributed by atoms with Crippen molar-refractivity contribution < 1.29 is 18.4 Å². The number of nitrogens with zero attached hydrogens (tertiary/aromatic N) is 2. The molecule has 0 spiro atoms. The number of rotatable bonds is 4. The molecule has 2 heterocycles. The van der Waals surface area contributed by atoms with E-state index in [1.54, 1.807) is 19.1 Å². The van der Waals surface area contributed by atoms with Gasteiger partial charge in [-0.25, -0.2) is 9.37 Å². The number of aromatic nitrogens is 1. The third kappa shape index (κ3) is 3.81. The van der Waals surface area contributed by atoms with Crippen molar-refractivity contribution in [2.45, 2.75) is 47.1 Å². The zero-order chi connectivity index (χ0) is 21.6. The topological polar surface area (TPSA) is 63.4 Å². The number of hydrogen-bond donors (Lipinski definition) is 0. The molecule has 0 bridgehead atoms. The number of thiazole rings is 1. The molecule has 1 amide bonds. The third-order valence-corrected chi connectivity index (χ3v) is 6.16. The summed E-state index contributed by atoms with van der Waals surface area (Å²) in [6.45, 7) is 7.90. The first kappa shape index (κ1) is 20.5. The summed E-state index contributed by atoms with van der Waals surface area (Å²) in [5.74, 6) is -0.0223. The van der Waals surface area contributed by atoms with E-state index in [1.807, 2.05) is 26.2 Å². The summed E-state index contributed by atoms with van der Waals surface area (Å²) in [4.78, 5) is 32.2. The van der Waals surface area contributed by atoms with E-state index >= 15 is 0 Å². The van der Waals surface area contributed by atoms with Crippen molar-refractivity contribution in [2.24, 2.45) is 5.41 Å². The fourth-order valence-corrected chi connectivity index (χ4v) is 4.56. The maximum atomic E-state index is 13.6. The van der Waals surface area contributed by atoms with Gasteiger partial charge in [-0.15, -0.1) is 11.3 Å². The molecule has 1 aliphatic rings. The minimum atomic E-state index is -0.381. The van der Waals surface area contributed by atoms with Crippen molar-refractivity contribution in [2.75, 3.05) is 4.90 Å². The van der Waals surface area contributed by atoms with E-state index in [0.717, 1.165) is 10.7 Å². The summed E-state index contributed by atoms with van der Waals surface area (Å²) in [6, 6.07) is 5.74. The minimum absolute atomic E-state index is 0.00464. The number of aryl methyl sites for hydroxylation is 1. The molecular formula is C23H23FN2O3S. The number of anilines is 1.